The van der Waals surface area contributed by atoms with E-state index in [-0.39, 0.29) is 16.9 Å². The summed E-state index contributed by atoms with van der Waals surface area (Å²) in [5.41, 5.74) is 3.37. The molecule has 0 radical (unpaired) electrons. The summed E-state index contributed by atoms with van der Waals surface area (Å²) >= 11 is 1.32. The van der Waals surface area contributed by atoms with Crippen molar-refractivity contribution >= 4 is 34.2 Å². The zero-order chi connectivity index (χ0) is 17.1. The quantitative estimate of drug-likeness (QED) is 0.837. The lowest BCUT2D eigenvalue weighted by atomic mass is 10.1. The molecule has 1 aromatic rings. The van der Waals surface area contributed by atoms with E-state index >= 15 is 0 Å². The second-order valence-corrected chi connectivity index (χ2v) is 7.64. The highest BCUT2D eigenvalue weighted by Gasteiger charge is 2.31. The Morgan fingerprint density at radius 2 is 2.08 bits per heavy atom. The van der Waals surface area contributed by atoms with Crippen LogP contribution in [0.5, 0.6) is 0 Å². The minimum atomic E-state index is 0.117. The van der Waals surface area contributed by atoms with Gasteiger partial charge in [0.25, 0.3) is 0 Å². The van der Waals surface area contributed by atoms with Crippen molar-refractivity contribution in [3.8, 4) is 0 Å². The Bertz CT molecular complexity index is 629. The first kappa shape index (κ1) is 17.3. The number of hydrogen-bond donors (Lipinski definition) is 0. The summed E-state index contributed by atoms with van der Waals surface area (Å²) in [7, 11) is 0. The van der Waals surface area contributed by atoms with Crippen LogP contribution in [-0.4, -0.2) is 49.6 Å². The van der Waals surface area contributed by atoms with Gasteiger partial charge in [-0.3, -0.25) is 9.59 Å². The van der Waals surface area contributed by atoms with Gasteiger partial charge in [-0.05, 0) is 36.6 Å². The monoisotopic (exact) mass is 348 g/mol. The number of nitrogens with zero attached hydrogens (tertiary/aromatic N) is 2. The highest BCUT2D eigenvalue weighted by molar-refractivity contribution is 8.13. The third-order valence-electron chi connectivity index (χ3n) is 4.57. The van der Waals surface area contributed by atoms with Crippen LogP contribution < -0.4 is 9.80 Å². The average molecular weight is 348 g/mol. The Morgan fingerprint density at radius 1 is 1.33 bits per heavy atom. The maximum atomic E-state index is 12.3. The van der Waals surface area contributed by atoms with Crippen molar-refractivity contribution in [1.29, 1.82) is 0 Å². The van der Waals surface area contributed by atoms with E-state index in [0.29, 0.717) is 13.0 Å². The number of rotatable bonds is 4. The first-order valence-corrected chi connectivity index (χ1v) is 9.40. The summed E-state index contributed by atoms with van der Waals surface area (Å²) in [6.45, 7) is 7.73. The molecule has 0 aliphatic carbocycles. The number of anilines is 2. The molecule has 2 aliphatic heterocycles. The molecule has 2 aliphatic rings. The summed E-state index contributed by atoms with van der Waals surface area (Å²) in [5.74, 6) is 1.14. The van der Waals surface area contributed by atoms with Crippen molar-refractivity contribution in [3.63, 3.8) is 0 Å². The second-order valence-electron chi connectivity index (χ2n) is 6.45. The Morgan fingerprint density at radius 3 is 2.75 bits per heavy atom. The van der Waals surface area contributed by atoms with Gasteiger partial charge in [-0.2, -0.15) is 0 Å². The van der Waals surface area contributed by atoms with Gasteiger partial charge in [0.15, 0.2) is 5.12 Å². The molecule has 0 saturated carbocycles. The molecule has 1 unspecified atom stereocenters. The van der Waals surface area contributed by atoms with Crippen molar-refractivity contribution < 1.29 is 14.3 Å². The van der Waals surface area contributed by atoms with E-state index in [0.717, 1.165) is 37.7 Å². The molecular weight excluding hydrogens is 324 g/mol. The zero-order valence-corrected chi connectivity index (χ0v) is 15.1. The summed E-state index contributed by atoms with van der Waals surface area (Å²) in [5, 5.41) is 0.117. The van der Waals surface area contributed by atoms with E-state index in [9.17, 15) is 9.59 Å². The summed E-state index contributed by atoms with van der Waals surface area (Å²) in [4.78, 5) is 27.6. The van der Waals surface area contributed by atoms with Crippen molar-refractivity contribution in [1.82, 2.24) is 0 Å². The second kappa shape index (κ2) is 7.57. The molecule has 1 amide bonds. The van der Waals surface area contributed by atoms with E-state index in [2.05, 4.69) is 24.0 Å². The third-order valence-corrected chi connectivity index (χ3v) is 5.62. The SMILES string of the molecule is CC(=O)SCC1CC(=O)N(c2ccc(N3CCOCC3)c(C)c2)C1. The number of carbonyl (C=O) groups is 2. The van der Waals surface area contributed by atoms with Gasteiger partial charge in [-0.25, -0.2) is 0 Å². The Labute approximate surface area is 147 Å². The molecule has 5 nitrogen and oxygen atoms in total. The lowest BCUT2D eigenvalue weighted by Gasteiger charge is -2.30. The van der Waals surface area contributed by atoms with Gasteiger partial charge in [-0.15, -0.1) is 0 Å². The fraction of sp³-hybridized carbons (Fsp3) is 0.556. The van der Waals surface area contributed by atoms with E-state index in [1.807, 2.05) is 11.0 Å². The molecule has 3 rings (SSSR count). The fourth-order valence-electron chi connectivity index (χ4n) is 3.34. The predicted molar refractivity (Wildman–Crippen MR) is 97.8 cm³/mol. The third kappa shape index (κ3) is 3.92. The van der Waals surface area contributed by atoms with Crippen LogP contribution in [0, 0.1) is 12.8 Å². The number of thioether (sulfide) groups is 1. The Hall–Kier alpha value is -1.53. The van der Waals surface area contributed by atoms with E-state index in [1.54, 1.807) is 6.92 Å². The lowest BCUT2D eigenvalue weighted by molar-refractivity contribution is -0.117. The summed E-state index contributed by atoms with van der Waals surface area (Å²) in [6, 6.07) is 6.25. The Balaban J connectivity index is 1.69. The van der Waals surface area contributed by atoms with Gasteiger partial charge in [0.2, 0.25) is 5.91 Å². The number of hydrogen-bond acceptors (Lipinski definition) is 5. The minimum absolute atomic E-state index is 0.117. The van der Waals surface area contributed by atoms with E-state index in [4.69, 9.17) is 4.74 Å². The number of ether oxygens (including phenoxy) is 1. The first-order chi connectivity index (χ1) is 11.5. The Kier molecular flexibility index (Phi) is 5.46. The van der Waals surface area contributed by atoms with Crippen LogP contribution in [0.2, 0.25) is 0 Å². The van der Waals surface area contributed by atoms with Crippen LogP contribution in [0.3, 0.4) is 0 Å². The number of carbonyl (C=O) groups excluding carboxylic acids is 2. The van der Waals surface area contributed by atoms with Crippen molar-refractivity contribution in [2.75, 3.05) is 48.4 Å². The summed E-state index contributed by atoms with van der Waals surface area (Å²) < 4.78 is 5.41. The molecule has 0 spiro atoms. The molecule has 0 bridgehead atoms. The maximum Gasteiger partial charge on any atom is 0.227 e. The normalized spacial score (nSPS) is 21.4. The fourth-order valence-corrected chi connectivity index (χ4v) is 4.04. The van der Waals surface area contributed by atoms with Crippen LogP contribution in [0.4, 0.5) is 11.4 Å². The van der Waals surface area contributed by atoms with E-state index < -0.39 is 0 Å². The average Bonchev–Trinajstić information content (AvgIpc) is 2.94. The van der Waals surface area contributed by atoms with Crippen LogP contribution in [0.25, 0.3) is 0 Å². The molecule has 130 valence electrons. The molecule has 1 aromatic carbocycles. The molecular formula is C18H24N2O3S. The van der Waals surface area contributed by atoms with Crippen molar-refractivity contribution in [2.24, 2.45) is 5.92 Å². The first-order valence-electron chi connectivity index (χ1n) is 8.41. The molecule has 0 N–H and O–H groups in total. The topological polar surface area (TPSA) is 49.9 Å². The number of aryl methyl sites for hydroxylation is 1. The van der Waals surface area contributed by atoms with Crippen LogP contribution in [0.1, 0.15) is 18.9 Å². The highest BCUT2D eigenvalue weighted by atomic mass is 32.2. The standard InChI is InChI=1S/C18H24N2O3S/c1-13-9-16(3-4-17(13)19-5-7-23-8-6-19)20-11-15(10-18(20)22)12-24-14(2)21/h3-4,9,15H,5-8,10-12H2,1-2H3. The highest BCUT2D eigenvalue weighted by Crippen LogP contribution is 2.31. The lowest BCUT2D eigenvalue weighted by Crippen LogP contribution is -2.36. The van der Waals surface area contributed by atoms with Gasteiger partial charge in [0.1, 0.15) is 0 Å². The van der Waals surface area contributed by atoms with Crippen LogP contribution >= 0.6 is 11.8 Å². The zero-order valence-electron chi connectivity index (χ0n) is 14.3. The van der Waals surface area contributed by atoms with Gasteiger partial charge >= 0.3 is 0 Å². The molecule has 2 fully saturated rings. The largest absolute Gasteiger partial charge is 0.378 e. The smallest absolute Gasteiger partial charge is 0.227 e. The molecule has 1 atom stereocenters. The van der Waals surface area contributed by atoms with Crippen molar-refractivity contribution in [2.45, 2.75) is 20.3 Å². The molecule has 2 heterocycles. The number of benzene rings is 1. The van der Waals surface area contributed by atoms with Gasteiger partial charge in [0, 0.05) is 50.1 Å². The summed E-state index contributed by atoms with van der Waals surface area (Å²) in [6.07, 6.45) is 0.532. The maximum absolute atomic E-state index is 12.3. The minimum Gasteiger partial charge on any atom is -0.378 e. The molecule has 6 heteroatoms. The molecule has 0 aromatic heterocycles. The van der Waals surface area contributed by atoms with Gasteiger partial charge in [0.05, 0.1) is 13.2 Å². The molecule has 24 heavy (non-hydrogen) atoms. The van der Waals surface area contributed by atoms with Gasteiger partial charge in [-0.1, -0.05) is 11.8 Å². The van der Waals surface area contributed by atoms with Gasteiger partial charge < -0.3 is 14.5 Å². The number of morpholine rings is 1. The van der Waals surface area contributed by atoms with Crippen molar-refractivity contribution in [3.05, 3.63) is 23.8 Å². The van der Waals surface area contributed by atoms with Crippen LogP contribution in [0.15, 0.2) is 18.2 Å². The predicted octanol–water partition coefficient (Wildman–Crippen LogP) is 2.46. The molecule has 2 saturated heterocycles. The van der Waals surface area contributed by atoms with Crippen LogP contribution in [-0.2, 0) is 14.3 Å². The number of amides is 1. The van der Waals surface area contributed by atoms with E-state index in [1.165, 1.54) is 23.0 Å².